The first-order valence-corrected chi connectivity index (χ1v) is 5.58. The topological polar surface area (TPSA) is 59.0 Å². The van der Waals surface area contributed by atoms with Crippen LogP contribution in [0.5, 0.6) is 5.75 Å². The molecule has 0 aromatic heterocycles. The van der Waals surface area contributed by atoms with Gasteiger partial charge in [0.15, 0.2) is 0 Å². The molecule has 0 N–H and O–H groups in total. The summed E-state index contributed by atoms with van der Waals surface area (Å²) < 4.78 is 5.64. The molecule has 5 heteroatoms. The van der Waals surface area contributed by atoms with Crippen molar-refractivity contribution in [2.45, 2.75) is 13.8 Å². The molecule has 94 valence electrons. The van der Waals surface area contributed by atoms with Crippen LogP contribution in [-0.2, 0) is 9.59 Å². The van der Waals surface area contributed by atoms with E-state index in [-0.39, 0.29) is 12.5 Å². The van der Waals surface area contributed by atoms with E-state index in [1.54, 1.807) is 30.1 Å². The van der Waals surface area contributed by atoms with Gasteiger partial charge in [0, 0.05) is 13.1 Å². The second-order valence-corrected chi connectivity index (χ2v) is 4.89. The lowest BCUT2D eigenvalue weighted by atomic mass is 9.93. The molecule has 0 radical (unpaired) electrons. The highest BCUT2D eigenvalue weighted by Gasteiger charge is 2.35. The molecule has 0 fully saturated rings. The maximum Gasteiger partial charge on any atom is 0.240 e. The van der Waals surface area contributed by atoms with Crippen molar-refractivity contribution in [3.05, 3.63) is 18.2 Å². The molecule has 1 aliphatic rings. The van der Waals surface area contributed by atoms with Crippen molar-refractivity contribution in [1.82, 2.24) is 0 Å². The van der Waals surface area contributed by atoms with E-state index in [2.05, 4.69) is 4.99 Å². The Balaban J connectivity index is 2.49. The number of hydrogen-bond donors (Lipinski definition) is 0. The fourth-order valence-electron chi connectivity index (χ4n) is 1.90. The number of anilines is 1. The number of amides is 1. The fourth-order valence-corrected chi connectivity index (χ4v) is 1.90. The summed E-state index contributed by atoms with van der Waals surface area (Å²) in [6.07, 6.45) is 1.48. The lowest BCUT2D eigenvalue weighted by Gasteiger charge is -2.24. The second-order valence-electron chi connectivity index (χ2n) is 4.89. The first-order chi connectivity index (χ1) is 8.45. The number of isocyanates is 1. The normalized spacial score (nSPS) is 17.3. The van der Waals surface area contributed by atoms with E-state index >= 15 is 0 Å². The molecule has 1 aliphatic heterocycles. The molecular weight excluding hydrogens is 232 g/mol. The number of carbonyl (C=O) groups excluding carboxylic acids is 2. The van der Waals surface area contributed by atoms with E-state index in [1.807, 2.05) is 13.8 Å². The van der Waals surface area contributed by atoms with Gasteiger partial charge >= 0.3 is 0 Å². The zero-order valence-electron chi connectivity index (χ0n) is 10.6. The fraction of sp³-hybridized carbons (Fsp3) is 0.385. The third-order valence-electron chi connectivity index (χ3n) is 2.95. The smallest absolute Gasteiger partial charge is 0.240 e. The zero-order valence-corrected chi connectivity index (χ0v) is 10.6. The monoisotopic (exact) mass is 246 g/mol. The molecule has 0 unspecified atom stereocenters. The molecule has 1 heterocycles. The quantitative estimate of drug-likeness (QED) is 0.562. The Morgan fingerprint density at radius 1 is 1.44 bits per heavy atom. The molecule has 0 spiro atoms. The van der Waals surface area contributed by atoms with Gasteiger partial charge in [-0.1, -0.05) is 0 Å². The van der Waals surface area contributed by atoms with Crippen LogP contribution in [0.2, 0.25) is 0 Å². The van der Waals surface area contributed by atoms with Gasteiger partial charge in [0.2, 0.25) is 12.0 Å². The Labute approximate surface area is 105 Å². The average Bonchev–Trinajstić information content (AvgIpc) is 2.42. The van der Waals surface area contributed by atoms with Gasteiger partial charge in [-0.2, -0.15) is 4.99 Å². The van der Waals surface area contributed by atoms with Crippen LogP contribution < -0.4 is 9.64 Å². The van der Waals surface area contributed by atoms with Crippen molar-refractivity contribution < 1.29 is 14.3 Å². The highest BCUT2D eigenvalue weighted by molar-refractivity contribution is 5.99. The lowest BCUT2D eigenvalue weighted by Crippen LogP contribution is -2.39. The molecule has 1 aromatic carbocycles. The van der Waals surface area contributed by atoms with Gasteiger partial charge < -0.3 is 9.64 Å². The number of rotatable bonds is 1. The number of nitrogens with zero attached hydrogens (tertiary/aromatic N) is 2. The van der Waals surface area contributed by atoms with E-state index in [0.717, 1.165) is 0 Å². The molecule has 5 nitrogen and oxygen atoms in total. The molecule has 0 atom stereocenters. The van der Waals surface area contributed by atoms with E-state index in [1.165, 1.54) is 6.08 Å². The maximum atomic E-state index is 12.2. The standard InChI is InChI=1S/C13H14N2O3/c1-13(2)7-18-11-6-9(14-8-16)4-5-10(11)15(3)12(13)17/h4-6H,7H2,1-3H3. The summed E-state index contributed by atoms with van der Waals surface area (Å²) in [5.74, 6) is 0.542. The molecule has 2 rings (SSSR count). The van der Waals surface area contributed by atoms with Crippen LogP contribution in [0, 0.1) is 5.41 Å². The van der Waals surface area contributed by atoms with Gasteiger partial charge in [0.25, 0.3) is 0 Å². The minimum atomic E-state index is -0.581. The summed E-state index contributed by atoms with van der Waals surface area (Å²) in [4.78, 5) is 27.5. The van der Waals surface area contributed by atoms with Gasteiger partial charge in [-0.05, 0) is 26.0 Å². The highest BCUT2D eigenvalue weighted by atomic mass is 16.5. The summed E-state index contributed by atoms with van der Waals surface area (Å²) >= 11 is 0. The molecule has 1 amide bonds. The van der Waals surface area contributed by atoms with Crippen molar-refractivity contribution in [1.29, 1.82) is 0 Å². The first-order valence-electron chi connectivity index (χ1n) is 5.58. The number of hydrogen-bond acceptors (Lipinski definition) is 4. The number of benzene rings is 1. The van der Waals surface area contributed by atoms with Crippen LogP contribution in [0.1, 0.15) is 13.8 Å². The van der Waals surface area contributed by atoms with Gasteiger partial charge in [0.05, 0.1) is 16.8 Å². The third-order valence-corrected chi connectivity index (χ3v) is 2.95. The van der Waals surface area contributed by atoms with Crippen LogP contribution in [0.25, 0.3) is 0 Å². The highest BCUT2D eigenvalue weighted by Crippen LogP contribution is 2.37. The molecule has 0 saturated heterocycles. The van der Waals surface area contributed by atoms with Crippen molar-refractivity contribution >= 4 is 23.4 Å². The largest absolute Gasteiger partial charge is 0.490 e. The Bertz CT molecular complexity index is 545. The summed E-state index contributed by atoms with van der Waals surface area (Å²) in [5.41, 5.74) is 0.557. The number of fused-ring (bicyclic) bond motifs is 1. The second kappa shape index (κ2) is 4.27. The van der Waals surface area contributed by atoms with Crippen LogP contribution in [0.4, 0.5) is 11.4 Å². The average molecular weight is 246 g/mol. The van der Waals surface area contributed by atoms with E-state index in [4.69, 9.17) is 4.74 Å². The van der Waals surface area contributed by atoms with Crippen molar-refractivity contribution in [2.24, 2.45) is 10.4 Å². The Hall–Kier alpha value is -2.13. The van der Waals surface area contributed by atoms with Crippen LogP contribution in [-0.4, -0.2) is 25.6 Å². The predicted octanol–water partition coefficient (Wildman–Crippen LogP) is 2.04. The molecule has 0 bridgehead atoms. The number of aliphatic imine (C=N–C) groups is 1. The van der Waals surface area contributed by atoms with Gasteiger partial charge in [-0.3, -0.25) is 4.79 Å². The van der Waals surface area contributed by atoms with E-state index in [9.17, 15) is 9.59 Å². The number of ether oxygens (including phenoxy) is 1. The van der Waals surface area contributed by atoms with E-state index in [0.29, 0.717) is 17.1 Å². The summed E-state index contributed by atoms with van der Waals surface area (Å²) in [5, 5.41) is 0. The maximum absolute atomic E-state index is 12.2. The van der Waals surface area contributed by atoms with Crippen LogP contribution in [0.3, 0.4) is 0 Å². The number of carbonyl (C=O) groups is 1. The molecule has 1 aromatic rings. The molecule has 18 heavy (non-hydrogen) atoms. The molecule has 0 saturated carbocycles. The van der Waals surface area contributed by atoms with Crippen LogP contribution >= 0.6 is 0 Å². The first kappa shape index (κ1) is 12.3. The Morgan fingerprint density at radius 3 is 2.83 bits per heavy atom. The summed E-state index contributed by atoms with van der Waals surface area (Å²) in [7, 11) is 1.71. The Kier molecular flexibility index (Phi) is 2.93. The lowest BCUT2D eigenvalue weighted by molar-refractivity contribution is -0.127. The van der Waals surface area contributed by atoms with Gasteiger partial charge in [-0.15, -0.1) is 0 Å². The summed E-state index contributed by atoms with van der Waals surface area (Å²) in [6, 6.07) is 4.99. The van der Waals surface area contributed by atoms with Crippen molar-refractivity contribution in [3.8, 4) is 5.75 Å². The predicted molar refractivity (Wildman–Crippen MR) is 66.9 cm³/mol. The van der Waals surface area contributed by atoms with Gasteiger partial charge in [0.1, 0.15) is 12.4 Å². The van der Waals surface area contributed by atoms with Crippen molar-refractivity contribution in [2.75, 3.05) is 18.6 Å². The van der Waals surface area contributed by atoms with E-state index < -0.39 is 5.41 Å². The Morgan fingerprint density at radius 2 is 2.17 bits per heavy atom. The zero-order chi connectivity index (χ0) is 13.3. The SMILES string of the molecule is CN1C(=O)C(C)(C)COc2cc(N=C=O)ccc21. The minimum absolute atomic E-state index is 0.00658. The molecule has 0 aliphatic carbocycles. The molecular formula is C13H14N2O3. The third kappa shape index (κ3) is 2.00. The summed E-state index contributed by atoms with van der Waals surface area (Å²) in [6.45, 7) is 3.96. The van der Waals surface area contributed by atoms with Gasteiger partial charge in [-0.25, -0.2) is 4.79 Å². The van der Waals surface area contributed by atoms with Crippen molar-refractivity contribution in [3.63, 3.8) is 0 Å². The minimum Gasteiger partial charge on any atom is -0.490 e. The van der Waals surface area contributed by atoms with Crippen LogP contribution in [0.15, 0.2) is 23.2 Å².